The molecule has 1 aromatic heterocycles. The van der Waals surface area contributed by atoms with Crippen LogP contribution in [0.1, 0.15) is 54.2 Å². The zero-order chi connectivity index (χ0) is 22.1. The first-order valence-electron chi connectivity index (χ1n) is 11.7. The first-order chi connectivity index (χ1) is 15.6. The molecule has 3 aliphatic heterocycles. The average Bonchev–Trinajstić information content (AvgIpc) is 3.15. The second-order valence-electron chi connectivity index (χ2n) is 9.16. The summed E-state index contributed by atoms with van der Waals surface area (Å²) in [5, 5.41) is 0. The monoisotopic (exact) mass is 436 g/mol. The number of aryl methyl sites for hydroxylation is 1. The molecule has 0 radical (unpaired) electrons. The Kier molecular flexibility index (Phi) is 6.11. The van der Waals surface area contributed by atoms with Gasteiger partial charge in [-0.3, -0.25) is 14.6 Å². The predicted octanol–water partition coefficient (Wildman–Crippen LogP) is 3.24. The van der Waals surface area contributed by atoms with Crippen LogP contribution in [-0.2, 0) is 22.5 Å². The van der Waals surface area contributed by atoms with Crippen molar-refractivity contribution in [1.82, 2.24) is 14.9 Å². The standard InChI is InChI=1S/C25H32N4O3/c1-17-22-14-23(30)29(15-18-5-3-7-21(13-18)31-2)25(22)27-24(26-17)19-6-4-10-28(16-19)20-8-11-32-12-9-20/h3,5,7,13,19-20H,4,6,8-12,14-16H2,1-2H3/t19-/m0/s1. The number of benzene rings is 1. The lowest BCUT2D eigenvalue weighted by Crippen LogP contribution is -2.44. The molecule has 1 atom stereocenters. The summed E-state index contributed by atoms with van der Waals surface area (Å²) >= 11 is 0. The summed E-state index contributed by atoms with van der Waals surface area (Å²) in [5.74, 6) is 2.88. The van der Waals surface area contributed by atoms with Crippen molar-refractivity contribution in [2.75, 3.05) is 38.3 Å². The van der Waals surface area contributed by atoms with Crippen LogP contribution in [0, 0.1) is 6.92 Å². The quantitative estimate of drug-likeness (QED) is 0.717. The molecule has 4 heterocycles. The van der Waals surface area contributed by atoms with Crippen LogP contribution in [0.25, 0.3) is 0 Å². The molecule has 0 spiro atoms. The first kappa shape index (κ1) is 21.3. The summed E-state index contributed by atoms with van der Waals surface area (Å²) in [6, 6.07) is 8.48. The van der Waals surface area contributed by atoms with E-state index in [9.17, 15) is 4.79 Å². The normalized spacial score (nSPS) is 22.2. The predicted molar refractivity (Wildman–Crippen MR) is 122 cm³/mol. The number of amides is 1. The minimum atomic E-state index is 0.0878. The summed E-state index contributed by atoms with van der Waals surface area (Å²) in [5.41, 5.74) is 2.94. The number of aromatic nitrogens is 2. The highest BCUT2D eigenvalue weighted by atomic mass is 16.5. The van der Waals surface area contributed by atoms with Gasteiger partial charge in [-0.15, -0.1) is 0 Å². The maximum atomic E-state index is 12.9. The van der Waals surface area contributed by atoms with Gasteiger partial charge in [-0.25, -0.2) is 9.97 Å². The second-order valence-corrected chi connectivity index (χ2v) is 9.16. The van der Waals surface area contributed by atoms with E-state index in [0.29, 0.717) is 24.9 Å². The Balaban J connectivity index is 1.39. The third kappa shape index (κ3) is 4.24. The largest absolute Gasteiger partial charge is 0.497 e. The minimum absolute atomic E-state index is 0.0878. The average molecular weight is 437 g/mol. The van der Waals surface area contributed by atoms with E-state index in [0.717, 1.165) is 86.2 Å². The zero-order valence-corrected chi connectivity index (χ0v) is 19.0. The number of hydrogen-bond donors (Lipinski definition) is 0. The Morgan fingerprint density at radius 3 is 2.84 bits per heavy atom. The van der Waals surface area contributed by atoms with Gasteiger partial charge in [0.05, 0.1) is 20.1 Å². The molecule has 0 unspecified atom stereocenters. The fourth-order valence-corrected chi connectivity index (χ4v) is 5.30. The summed E-state index contributed by atoms with van der Waals surface area (Å²) in [4.78, 5) is 27.2. The lowest BCUT2D eigenvalue weighted by atomic mass is 9.94. The molecule has 7 heteroatoms. The van der Waals surface area contributed by atoms with Crippen molar-refractivity contribution >= 4 is 11.7 Å². The molecule has 1 amide bonds. The van der Waals surface area contributed by atoms with Crippen molar-refractivity contribution in [3.05, 3.63) is 46.9 Å². The Morgan fingerprint density at radius 2 is 2.03 bits per heavy atom. The maximum absolute atomic E-state index is 12.9. The van der Waals surface area contributed by atoms with Gasteiger partial charge in [-0.1, -0.05) is 12.1 Å². The number of carbonyl (C=O) groups is 1. The topological polar surface area (TPSA) is 67.8 Å². The number of nitrogens with zero attached hydrogens (tertiary/aromatic N) is 4. The highest BCUT2D eigenvalue weighted by Crippen LogP contribution is 2.34. The van der Waals surface area contributed by atoms with Crippen LogP contribution in [-0.4, -0.2) is 60.2 Å². The van der Waals surface area contributed by atoms with Crippen molar-refractivity contribution in [1.29, 1.82) is 0 Å². The van der Waals surface area contributed by atoms with Crippen molar-refractivity contribution in [3.8, 4) is 5.75 Å². The minimum Gasteiger partial charge on any atom is -0.497 e. The Bertz CT molecular complexity index is 989. The number of fused-ring (bicyclic) bond motifs is 1. The molecule has 3 aliphatic rings. The van der Waals surface area contributed by atoms with E-state index < -0.39 is 0 Å². The van der Waals surface area contributed by atoms with Crippen LogP contribution in [0.2, 0.25) is 0 Å². The van der Waals surface area contributed by atoms with Crippen molar-refractivity contribution in [2.24, 2.45) is 0 Å². The van der Waals surface area contributed by atoms with Crippen LogP contribution in [0.3, 0.4) is 0 Å². The molecular weight excluding hydrogens is 404 g/mol. The van der Waals surface area contributed by atoms with Crippen molar-refractivity contribution in [3.63, 3.8) is 0 Å². The van der Waals surface area contributed by atoms with E-state index in [4.69, 9.17) is 19.4 Å². The van der Waals surface area contributed by atoms with E-state index >= 15 is 0 Å². The molecule has 2 fully saturated rings. The van der Waals surface area contributed by atoms with Crippen LogP contribution < -0.4 is 9.64 Å². The third-order valence-corrected chi connectivity index (χ3v) is 7.09. The van der Waals surface area contributed by atoms with Gasteiger partial charge in [0.1, 0.15) is 17.4 Å². The van der Waals surface area contributed by atoms with E-state index in [1.54, 1.807) is 7.11 Å². The van der Waals surface area contributed by atoms with Crippen LogP contribution in [0.15, 0.2) is 24.3 Å². The number of likely N-dealkylation sites (tertiary alicyclic amines) is 1. The lowest BCUT2D eigenvalue weighted by Gasteiger charge is -2.39. The number of rotatable bonds is 5. The van der Waals surface area contributed by atoms with Gasteiger partial charge in [-0.05, 0) is 56.8 Å². The molecule has 0 N–H and O–H groups in total. The number of methoxy groups -OCH3 is 1. The number of anilines is 1. The van der Waals surface area contributed by atoms with Gasteiger partial charge in [-0.2, -0.15) is 0 Å². The van der Waals surface area contributed by atoms with Gasteiger partial charge in [0.2, 0.25) is 5.91 Å². The smallest absolute Gasteiger partial charge is 0.233 e. The van der Waals surface area contributed by atoms with E-state index in [1.165, 1.54) is 0 Å². The Hall–Kier alpha value is -2.51. The van der Waals surface area contributed by atoms with Gasteiger partial charge in [0.25, 0.3) is 0 Å². The lowest BCUT2D eigenvalue weighted by molar-refractivity contribution is -0.117. The maximum Gasteiger partial charge on any atom is 0.233 e. The number of carbonyl (C=O) groups excluding carboxylic acids is 1. The molecule has 1 aromatic carbocycles. The molecule has 170 valence electrons. The Morgan fingerprint density at radius 1 is 1.19 bits per heavy atom. The number of hydrogen-bond acceptors (Lipinski definition) is 6. The Labute approximate surface area is 189 Å². The summed E-state index contributed by atoms with van der Waals surface area (Å²) in [6.45, 7) is 6.38. The van der Waals surface area contributed by atoms with E-state index in [1.807, 2.05) is 36.1 Å². The molecule has 7 nitrogen and oxygen atoms in total. The fourth-order valence-electron chi connectivity index (χ4n) is 5.30. The summed E-state index contributed by atoms with van der Waals surface area (Å²) in [6.07, 6.45) is 4.86. The van der Waals surface area contributed by atoms with Crippen LogP contribution in [0.4, 0.5) is 5.82 Å². The van der Waals surface area contributed by atoms with Gasteiger partial charge in [0, 0.05) is 43.0 Å². The molecule has 0 aliphatic carbocycles. The first-order valence-corrected chi connectivity index (χ1v) is 11.7. The van der Waals surface area contributed by atoms with E-state index in [2.05, 4.69) is 4.90 Å². The van der Waals surface area contributed by atoms with Crippen LogP contribution >= 0.6 is 0 Å². The number of piperidine rings is 1. The molecule has 5 rings (SSSR count). The molecule has 0 bridgehead atoms. The van der Waals surface area contributed by atoms with Gasteiger partial charge in [0.15, 0.2) is 0 Å². The van der Waals surface area contributed by atoms with Gasteiger partial charge >= 0.3 is 0 Å². The van der Waals surface area contributed by atoms with E-state index in [-0.39, 0.29) is 5.91 Å². The molecule has 0 saturated carbocycles. The zero-order valence-electron chi connectivity index (χ0n) is 19.0. The third-order valence-electron chi connectivity index (χ3n) is 7.09. The summed E-state index contributed by atoms with van der Waals surface area (Å²) < 4.78 is 10.9. The molecular formula is C25H32N4O3. The molecule has 2 aromatic rings. The SMILES string of the molecule is COc1cccc(CN2C(=O)Cc3c(C)nc([C@H]4CCCN(C5CCOCC5)C4)nc32)c1. The second kappa shape index (κ2) is 9.16. The highest BCUT2D eigenvalue weighted by Gasteiger charge is 2.34. The molecule has 32 heavy (non-hydrogen) atoms. The number of ether oxygens (including phenoxy) is 2. The highest BCUT2D eigenvalue weighted by molar-refractivity contribution is 6.00. The van der Waals surface area contributed by atoms with Crippen LogP contribution in [0.5, 0.6) is 5.75 Å². The molecule has 2 saturated heterocycles. The summed E-state index contributed by atoms with van der Waals surface area (Å²) in [7, 11) is 1.66. The van der Waals surface area contributed by atoms with Gasteiger partial charge < -0.3 is 9.47 Å². The fraction of sp³-hybridized carbons (Fsp3) is 0.560. The van der Waals surface area contributed by atoms with Crippen molar-refractivity contribution < 1.29 is 14.3 Å². The van der Waals surface area contributed by atoms with Crippen molar-refractivity contribution in [2.45, 2.75) is 57.5 Å².